The van der Waals surface area contributed by atoms with E-state index < -0.39 is 6.61 Å². The predicted octanol–water partition coefficient (Wildman–Crippen LogP) is 4.27. The maximum absolute atomic E-state index is 13.1. The van der Waals surface area contributed by atoms with Gasteiger partial charge in [0.25, 0.3) is 5.91 Å². The lowest BCUT2D eigenvalue weighted by Crippen LogP contribution is -2.37. The quantitative estimate of drug-likeness (QED) is 0.546. The number of rotatable bonds is 5. The van der Waals surface area contributed by atoms with Crippen molar-refractivity contribution in [3.05, 3.63) is 71.5 Å². The van der Waals surface area contributed by atoms with Gasteiger partial charge in [-0.1, -0.05) is 24.3 Å². The molecule has 180 valence electrons. The Morgan fingerprint density at radius 1 is 0.971 bits per heavy atom. The van der Waals surface area contributed by atoms with Crippen LogP contribution in [-0.4, -0.2) is 60.2 Å². The minimum atomic E-state index is -2.90. The highest BCUT2D eigenvalue weighted by Crippen LogP contribution is 2.51. The number of hydrogen-bond donors (Lipinski definition) is 0. The minimum absolute atomic E-state index is 0.0229. The Morgan fingerprint density at radius 3 is 2.51 bits per heavy atom. The summed E-state index contributed by atoms with van der Waals surface area (Å²) < 4.78 is 36.3. The molecular formula is C26H24F2N4O3. The molecule has 0 radical (unpaired) electrons. The average molecular weight is 478 g/mol. The summed E-state index contributed by atoms with van der Waals surface area (Å²) in [6, 6.07) is 12.4. The molecule has 2 saturated heterocycles. The maximum Gasteiger partial charge on any atom is 0.387 e. The van der Waals surface area contributed by atoms with E-state index in [9.17, 15) is 13.6 Å². The first-order chi connectivity index (χ1) is 17.1. The molecular weight excluding hydrogens is 454 g/mol. The van der Waals surface area contributed by atoms with Gasteiger partial charge in [0, 0.05) is 49.1 Å². The number of fused-ring (bicyclic) bond motifs is 3. The lowest BCUT2D eigenvalue weighted by molar-refractivity contribution is -0.0507. The monoisotopic (exact) mass is 478 g/mol. The Bertz CT molecular complexity index is 1250. The molecule has 2 atom stereocenters. The third-order valence-electron chi connectivity index (χ3n) is 7.06. The van der Waals surface area contributed by atoms with Crippen LogP contribution in [0.5, 0.6) is 5.75 Å². The van der Waals surface area contributed by atoms with Gasteiger partial charge in [-0.05, 0) is 41.3 Å². The molecule has 7 nitrogen and oxygen atoms in total. The van der Waals surface area contributed by atoms with Crippen LogP contribution in [0.3, 0.4) is 0 Å². The van der Waals surface area contributed by atoms with Gasteiger partial charge in [0.2, 0.25) is 5.95 Å². The van der Waals surface area contributed by atoms with Crippen molar-refractivity contribution in [2.24, 2.45) is 0 Å². The second-order valence-electron chi connectivity index (χ2n) is 8.93. The number of halogens is 2. The van der Waals surface area contributed by atoms with Crippen molar-refractivity contribution >= 4 is 11.9 Å². The molecule has 3 aliphatic heterocycles. The summed E-state index contributed by atoms with van der Waals surface area (Å²) in [7, 11) is 0. The summed E-state index contributed by atoms with van der Waals surface area (Å²) in [5, 5.41) is 0. The number of aromatic nitrogens is 2. The Labute approximate surface area is 201 Å². The molecule has 0 N–H and O–H groups in total. The second kappa shape index (κ2) is 8.88. The largest absolute Gasteiger partial charge is 0.435 e. The lowest BCUT2D eigenvalue weighted by Gasteiger charge is -2.26. The van der Waals surface area contributed by atoms with E-state index in [1.807, 2.05) is 35.2 Å². The molecule has 35 heavy (non-hydrogen) atoms. The molecule has 1 aromatic heterocycles. The number of amides is 1. The van der Waals surface area contributed by atoms with Crippen molar-refractivity contribution in [1.82, 2.24) is 14.9 Å². The Hall–Kier alpha value is -3.59. The molecule has 4 heterocycles. The van der Waals surface area contributed by atoms with Gasteiger partial charge in [0.1, 0.15) is 5.75 Å². The van der Waals surface area contributed by atoms with Gasteiger partial charge in [-0.15, -0.1) is 0 Å². The minimum Gasteiger partial charge on any atom is -0.435 e. The van der Waals surface area contributed by atoms with Crippen LogP contribution in [0.15, 0.2) is 54.9 Å². The van der Waals surface area contributed by atoms with Gasteiger partial charge in [0.05, 0.1) is 19.3 Å². The number of alkyl halides is 2. The van der Waals surface area contributed by atoms with Crippen LogP contribution >= 0.6 is 0 Å². The zero-order chi connectivity index (χ0) is 23.9. The molecule has 0 aliphatic carbocycles. The molecule has 1 amide bonds. The zero-order valence-corrected chi connectivity index (χ0v) is 18.9. The van der Waals surface area contributed by atoms with Crippen LogP contribution in [0.2, 0.25) is 0 Å². The summed E-state index contributed by atoms with van der Waals surface area (Å²) in [6.07, 6.45) is 4.28. The summed E-state index contributed by atoms with van der Waals surface area (Å²) >= 11 is 0. The Morgan fingerprint density at radius 2 is 1.74 bits per heavy atom. The van der Waals surface area contributed by atoms with Crippen molar-refractivity contribution < 1.29 is 23.0 Å². The van der Waals surface area contributed by atoms with Crippen LogP contribution in [0, 0.1) is 0 Å². The molecule has 0 bridgehead atoms. The van der Waals surface area contributed by atoms with Gasteiger partial charge in [0.15, 0.2) is 0 Å². The summed E-state index contributed by atoms with van der Waals surface area (Å²) in [5.41, 5.74) is 4.02. The van der Waals surface area contributed by atoms with E-state index in [4.69, 9.17) is 9.47 Å². The Kier molecular flexibility index (Phi) is 5.56. The van der Waals surface area contributed by atoms with E-state index >= 15 is 0 Å². The van der Waals surface area contributed by atoms with E-state index in [0.717, 1.165) is 29.8 Å². The SMILES string of the molecule is O=C1c2ccc(-c3cnc(N4CCOCC4)nc3)cc2C2C(c3ccccc3OC(F)F)CCN12. The maximum atomic E-state index is 13.1. The zero-order valence-electron chi connectivity index (χ0n) is 18.9. The number of morpholine rings is 1. The third kappa shape index (κ3) is 3.89. The van der Waals surface area contributed by atoms with Gasteiger partial charge in [-0.3, -0.25) is 4.79 Å². The topological polar surface area (TPSA) is 67.8 Å². The van der Waals surface area contributed by atoms with E-state index in [-0.39, 0.29) is 23.6 Å². The fraction of sp³-hybridized carbons (Fsp3) is 0.346. The van der Waals surface area contributed by atoms with E-state index in [2.05, 4.69) is 14.9 Å². The van der Waals surface area contributed by atoms with E-state index in [1.165, 1.54) is 0 Å². The van der Waals surface area contributed by atoms with Crippen LogP contribution in [0.4, 0.5) is 14.7 Å². The number of anilines is 1. The first-order valence-corrected chi connectivity index (χ1v) is 11.7. The number of benzene rings is 2. The smallest absolute Gasteiger partial charge is 0.387 e. The molecule has 9 heteroatoms. The molecule has 3 aromatic rings. The lowest BCUT2D eigenvalue weighted by atomic mass is 9.86. The highest BCUT2D eigenvalue weighted by molar-refractivity contribution is 6.00. The summed E-state index contributed by atoms with van der Waals surface area (Å²) in [6.45, 7) is 0.506. The van der Waals surface area contributed by atoms with Crippen LogP contribution in [-0.2, 0) is 4.74 Å². The number of carbonyl (C=O) groups excluding carboxylic acids is 1. The third-order valence-corrected chi connectivity index (χ3v) is 7.06. The molecule has 2 unspecified atom stereocenters. The first kappa shape index (κ1) is 21.9. The summed E-state index contributed by atoms with van der Waals surface area (Å²) in [5.74, 6) is 0.681. The van der Waals surface area contributed by atoms with E-state index in [1.54, 1.807) is 24.5 Å². The fourth-order valence-electron chi connectivity index (χ4n) is 5.45. The Balaban J connectivity index is 1.33. The molecule has 2 aromatic carbocycles. The highest BCUT2D eigenvalue weighted by atomic mass is 19.3. The molecule has 6 rings (SSSR count). The van der Waals surface area contributed by atoms with Gasteiger partial charge in [-0.2, -0.15) is 8.78 Å². The molecule has 0 spiro atoms. The average Bonchev–Trinajstić information content (AvgIpc) is 3.44. The number of carbonyl (C=O) groups is 1. The molecule has 2 fully saturated rings. The van der Waals surface area contributed by atoms with Crippen molar-refractivity contribution in [2.45, 2.75) is 25.0 Å². The van der Waals surface area contributed by atoms with E-state index in [0.29, 0.717) is 43.3 Å². The normalized spacial score (nSPS) is 21.4. The van der Waals surface area contributed by atoms with Crippen LogP contribution in [0.1, 0.15) is 39.9 Å². The highest BCUT2D eigenvalue weighted by Gasteiger charge is 2.46. The van der Waals surface area contributed by atoms with Crippen molar-refractivity contribution in [3.63, 3.8) is 0 Å². The second-order valence-corrected chi connectivity index (χ2v) is 8.93. The molecule has 3 aliphatic rings. The summed E-state index contributed by atoms with van der Waals surface area (Å²) in [4.78, 5) is 26.2. The number of para-hydroxylation sites is 1. The number of ether oxygens (including phenoxy) is 2. The fourth-order valence-corrected chi connectivity index (χ4v) is 5.45. The standard InChI is InChI=1S/C26H24F2N4O3/c27-25(28)35-22-4-2-1-3-18(22)19-7-8-32-23(19)21-13-16(5-6-20(21)24(32)33)17-14-29-26(30-15-17)31-9-11-34-12-10-31/h1-6,13-15,19,23,25H,7-12H2. The molecule has 0 saturated carbocycles. The van der Waals surface area contributed by atoms with Crippen molar-refractivity contribution in [1.29, 1.82) is 0 Å². The van der Waals surface area contributed by atoms with Gasteiger partial charge >= 0.3 is 6.61 Å². The van der Waals surface area contributed by atoms with Gasteiger partial charge in [-0.25, -0.2) is 9.97 Å². The van der Waals surface area contributed by atoms with Crippen LogP contribution in [0.25, 0.3) is 11.1 Å². The number of nitrogens with zero attached hydrogens (tertiary/aromatic N) is 4. The van der Waals surface area contributed by atoms with Gasteiger partial charge < -0.3 is 19.3 Å². The first-order valence-electron chi connectivity index (χ1n) is 11.7. The van der Waals surface area contributed by atoms with Crippen LogP contribution < -0.4 is 9.64 Å². The predicted molar refractivity (Wildman–Crippen MR) is 125 cm³/mol. The number of hydrogen-bond acceptors (Lipinski definition) is 6. The van der Waals surface area contributed by atoms with Crippen molar-refractivity contribution in [2.75, 3.05) is 37.7 Å². The van der Waals surface area contributed by atoms with Crippen molar-refractivity contribution in [3.8, 4) is 16.9 Å².